The van der Waals surface area contributed by atoms with Crippen LogP contribution >= 0.6 is 0 Å². The summed E-state index contributed by atoms with van der Waals surface area (Å²) >= 11 is 0. The van der Waals surface area contributed by atoms with E-state index in [9.17, 15) is 0 Å². The molecule has 0 unspecified atom stereocenters. The third-order valence-corrected chi connectivity index (χ3v) is 14.2. The van der Waals surface area contributed by atoms with Crippen molar-refractivity contribution in [3.8, 4) is 39.1 Å². The highest BCUT2D eigenvalue weighted by Crippen LogP contribution is 2.43. The second-order valence-electron chi connectivity index (χ2n) is 18.1. The van der Waals surface area contributed by atoms with Crippen LogP contribution in [0.3, 0.4) is 0 Å². The van der Waals surface area contributed by atoms with Gasteiger partial charge in [-0.3, -0.25) is 0 Å². The van der Waals surface area contributed by atoms with Gasteiger partial charge in [-0.05, 0) is 139 Å². The Bertz CT molecular complexity index is 4240. The summed E-state index contributed by atoms with van der Waals surface area (Å²) in [6.07, 6.45) is 0. The molecule has 3 nitrogen and oxygen atoms in total. The lowest BCUT2D eigenvalue weighted by Gasteiger charge is -2.26. The van der Waals surface area contributed by atoms with Crippen LogP contribution in [0, 0.1) is 0 Å². The van der Waals surface area contributed by atoms with Gasteiger partial charge in [-0.25, -0.2) is 0 Å². The summed E-state index contributed by atoms with van der Waals surface area (Å²) in [6.45, 7) is 0. The lowest BCUT2D eigenvalue weighted by atomic mass is 9.97. The monoisotopic (exact) mass is 878 g/mol. The average molecular weight is 879 g/mol. The topological polar surface area (TPSA) is 21.3 Å². The molecule has 14 aromatic rings. The number of hydrogen-bond donors (Lipinski definition) is 0. The van der Waals surface area contributed by atoms with E-state index < -0.39 is 0 Å². The first-order chi connectivity index (χ1) is 34.2. The Hall–Kier alpha value is -9.18. The molecule has 0 atom stereocenters. The largest absolute Gasteiger partial charge is 0.455 e. The molecule has 0 radical (unpaired) electrons. The fraction of sp³-hybridized carbons (Fsp3) is 0. The van der Waals surface area contributed by atoms with Gasteiger partial charge in [0.2, 0.25) is 0 Å². The first kappa shape index (κ1) is 39.0. The van der Waals surface area contributed by atoms with E-state index in [0.717, 1.165) is 66.8 Å². The van der Waals surface area contributed by atoms with Crippen LogP contribution < -0.4 is 4.90 Å². The molecule has 2 aromatic heterocycles. The normalized spacial score (nSPS) is 11.8. The smallest absolute Gasteiger partial charge is 0.143 e. The molecule has 0 aliphatic rings. The molecule has 322 valence electrons. The summed E-state index contributed by atoms with van der Waals surface area (Å²) in [5.41, 5.74) is 15.6. The Morgan fingerprint density at radius 1 is 0.304 bits per heavy atom. The van der Waals surface area contributed by atoms with Gasteiger partial charge in [-0.1, -0.05) is 176 Å². The van der Waals surface area contributed by atoms with E-state index in [1.165, 1.54) is 65.4 Å². The van der Waals surface area contributed by atoms with E-state index in [1.54, 1.807) is 0 Å². The predicted molar refractivity (Wildman–Crippen MR) is 292 cm³/mol. The highest BCUT2D eigenvalue weighted by atomic mass is 16.3. The summed E-state index contributed by atoms with van der Waals surface area (Å²) in [5, 5.41) is 12.2. The van der Waals surface area contributed by atoms with Gasteiger partial charge in [0, 0.05) is 49.7 Å². The van der Waals surface area contributed by atoms with Gasteiger partial charge < -0.3 is 13.9 Å². The van der Waals surface area contributed by atoms with Gasteiger partial charge in [0.25, 0.3) is 0 Å². The summed E-state index contributed by atoms with van der Waals surface area (Å²) in [7, 11) is 0. The van der Waals surface area contributed by atoms with E-state index in [-0.39, 0.29) is 0 Å². The van der Waals surface area contributed by atoms with Crippen LogP contribution in [0.25, 0.3) is 115 Å². The molecular weight excluding hydrogens is 837 g/mol. The number of nitrogens with zero attached hydrogens (tertiary/aromatic N) is 2. The molecule has 69 heavy (non-hydrogen) atoms. The molecule has 12 aromatic carbocycles. The van der Waals surface area contributed by atoms with E-state index in [2.05, 4.69) is 264 Å². The summed E-state index contributed by atoms with van der Waals surface area (Å²) in [4.78, 5) is 2.36. The van der Waals surface area contributed by atoms with Crippen molar-refractivity contribution in [1.29, 1.82) is 0 Å². The van der Waals surface area contributed by atoms with E-state index in [1.807, 2.05) is 0 Å². The van der Waals surface area contributed by atoms with E-state index in [0.29, 0.717) is 0 Å². The van der Waals surface area contributed by atoms with Crippen molar-refractivity contribution in [2.75, 3.05) is 4.90 Å². The minimum Gasteiger partial charge on any atom is -0.455 e. The molecule has 0 aliphatic heterocycles. The lowest BCUT2D eigenvalue weighted by molar-refractivity contribution is 0.673. The van der Waals surface area contributed by atoms with Gasteiger partial charge in [0.05, 0.1) is 11.0 Å². The van der Waals surface area contributed by atoms with Crippen LogP contribution in [-0.4, -0.2) is 4.57 Å². The molecule has 0 aliphatic carbocycles. The highest BCUT2D eigenvalue weighted by Gasteiger charge is 2.18. The second kappa shape index (κ2) is 15.7. The Labute approximate surface area is 399 Å². The number of anilines is 3. The van der Waals surface area contributed by atoms with Gasteiger partial charge in [-0.2, -0.15) is 0 Å². The molecule has 0 fully saturated rings. The van der Waals surface area contributed by atoms with Crippen LogP contribution in [0.1, 0.15) is 0 Å². The third kappa shape index (κ3) is 6.43. The summed E-state index contributed by atoms with van der Waals surface area (Å²) < 4.78 is 8.96. The number of rotatable bonds is 7. The fourth-order valence-electron chi connectivity index (χ4n) is 10.9. The first-order valence-corrected chi connectivity index (χ1v) is 23.6. The first-order valence-electron chi connectivity index (χ1n) is 23.6. The van der Waals surface area contributed by atoms with Crippen LogP contribution in [0.15, 0.2) is 259 Å². The van der Waals surface area contributed by atoms with Crippen LogP contribution in [0.4, 0.5) is 17.1 Å². The van der Waals surface area contributed by atoms with Gasteiger partial charge in [-0.15, -0.1) is 0 Å². The predicted octanol–water partition coefficient (Wildman–Crippen LogP) is 18.6. The number of fused-ring (bicyclic) bond motifs is 11. The number of furan rings is 1. The Balaban J connectivity index is 0.849. The van der Waals surface area contributed by atoms with Crippen molar-refractivity contribution in [2.45, 2.75) is 0 Å². The molecule has 3 heteroatoms. The molecule has 0 amide bonds. The molecule has 14 rings (SSSR count). The fourth-order valence-corrected chi connectivity index (χ4v) is 10.9. The standard InChI is InChI=1S/C66H42N2O/c1-3-15-55-45(11-1)23-24-50-41-49(32-39-56(50)55)44-27-35-52(36-28-44)67(53-37-29-47(30-38-53)57-19-10-22-64-65(57)61-40-31-46-12-2-4-16-58(46)66(61)69-64)51-33-25-43(26-34-51)48-13-9-14-54(42-48)68-62-20-7-5-17-59(62)60-18-6-8-21-63(60)68/h1-42H. The van der Waals surface area contributed by atoms with Crippen molar-refractivity contribution in [3.63, 3.8) is 0 Å². The van der Waals surface area contributed by atoms with Crippen molar-refractivity contribution in [3.05, 3.63) is 255 Å². The van der Waals surface area contributed by atoms with Crippen molar-refractivity contribution in [2.24, 2.45) is 0 Å². The van der Waals surface area contributed by atoms with E-state index >= 15 is 0 Å². The maximum absolute atomic E-state index is 6.58. The van der Waals surface area contributed by atoms with Gasteiger partial charge in [0.15, 0.2) is 0 Å². The Morgan fingerprint density at radius 3 is 1.48 bits per heavy atom. The van der Waals surface area contributed by atoms with Crippen LogP contribution in [0.2, 0.25) is 0 Å². The molecular formula is C66H42N2O. The van der Waals surface area contributed by atoms with Crippen molar-refractivity contribution in [1.82, 2.24) is 4.57 Å². The number of hydrogen-bond acceptors (Lipinski definition) is 2. The molecule has 0 bridgehead atoms. The maximum Gasteiger partial charge on any atom is 0.143 e. The summed E-state index contributed by atoms with van der Waals surface area (Å²) in [5.74, 6) is 0. The molecule has 2 heterocycles. The average Bonchev–Trinajstić information content (AvgIpc) is 3.98. The lowest BCUT2D eigenvalue weighted by Crippen LogP contribution is -2.09. The van der Waals surface area contributed by atoms with Crippen LogP contribution in [0.5, 0.6) is 0 Å². The number of para-hydroxylation sites is 2. The Morgan fingerprint density at radius 2 is 0.797 bits per heavy atom. The molecule has 0 spiro atoms. The van der Waals surface area contributed by atoms with Gasteiger partial charge in [0.1, 0.15) is 11.2 Å². The molecule has 0 saturated carbocycles. The second-order valence-corrected chi connectivity index (χ2v) is 18.1. The summed E-state index contributed by atoms with van der Waals surface area (Å²) in [6, 6.07) is 92.4. The zero-order valence-corrected chi connectivity index (χ0v) is 37.6. The quantitative estimate of drug-likeness (QED) is 0.149. The SMILES string of the molecule is c1cc(-c2ccc(N(c3ccc(-c4ccc5c(ccc6ccccc65)c4)cc3)c3ccc(-c4cccc5oc6c7ccccc7ccc6c45)cc3)cc2)cc(-n2c3ccccc3c3ccccc32)c1. The minimum absolute atomic E-state index is 0.894. The molecule has 0 N–H and O–H groups in total. The van der Waals surface area contributed by atoms with Crippen molar-refractivity contribution < 1.29 is 4.42 Å². The van der Waals surface area contributed by atoms with E-state index in [4.69, 9.17) is 4.42 Å². The maximum atomic E-state index is 6.58. The van der Waals surface area contributed by atoms with Crippen molar-refractivity contribution >= 4 is 93.1 Å². The number of aromatic nitrogens is 1. The third-order valence-electron chi connectivity index (χ3n) is 14.2. The molecule has 0 saturated heterocycles. The Kier molecular flexibility index (Phi) is 8.90. The van der Waals surface area contributed by atoms with Gasteiger partial charge >= 0.3 is 0 Å². The highest BCUT2D eigenvalue weighted by molar-refractivity contribution is 6.19. The zero-order chi connectivity index (χ0) is 45.4. The minimum atomic E-state index is 0.894. The zero-order valence-electron chi connectivity index (χ0n) is 37.6. The number of benzene rings is 12. The van der Waals surface area contributed by atoms with Crippen LogP contribution in [-0.2, 0) is 0 Å².